The molecular formula is C24H38BrOP. The average molecular weight is 453 g/mol. The van der Waals surface area contributed by atoms with E-state index in [1.165, 1.54) is 47.2 Å². The highest BCUT2D eigenvalue weighted by molar-refractivity contribution is 9.19. The monoisotopic (exact) mass is 452 g/mol. The van der Waals surface area contributed by atoms with Gasteiger partial charge in [-0.05, 0) is 67.6 Å². The van der Waals surface area contributed by atoms with Gasteiger partial charge in [0, 0.05) is 12.4 Å². The van der Waals surface area contributed by atoms with Crippen molar-refractivity contribution in [2.24, 2.45) is 5.92 Å². The van der Waals surface area contributed by atoms with Crippen LogP contribution in [0.5, 0.6) is 0 Å². The Hall–Kier alpha value is -0.170. The van der Waals surface area contributed by atoms with Crippen molar-refractivity contribution in [3.05, 3.63) is 28.8 Å². The maximum Gasteiger partial charge on any atom is 0.0956 e. The van der Waals surface area contributed by atoms with Gasteiger partial charge in [0.1, 0.15) is 0 Å². The number of hydrogen-bond donors (Lipinski definition) is 0. The number of hydrogen-bond acceptors (Lipinski definition) is 1. The van der Waals surface area contributed by atoms with Gasteiger partial charge in [-0.25, -0.2) is 0 Å². The van der Waals surface area contributed by atoms with Crippen LogP contribution in [0.4, 0.5) is 0 Å². The molecule has 1 atom stereocenters. The molecule has 1 saturated carbocycles. The summed E-state index contributed by atoms with van der Waals surface area (Å²) in [6.07, 6.45) is 2.78. The molecule has 0 amide bonds. The number of ether oxygens (including phenoxy) is 1. The summed E-state index contributed by atoms with van der Waals surface area (Å²) in [5.74, 6) is 0.682. The van der Waals surface area contributed by atoms with Crippen LogP contribution in [-0.4, -0.2) is 17.4 Å². The highest BCUT2D eigenvalue weighted by Gasteiger charge is 2.34. The van der Waals surface area contributed by atoms with Crippen molar-refractivity contribution < 1.29 is 4.74 Å². The van der Waals surface area contributed by atoms with E-state index in [9.17, 15) is 0 Å². The molecule has 1 aliphatic rings. The molecule has 3 heteroatoms. The van der Waals surface area contributed by atoms with Crippen molar-refractivity contribution in [3.8, 4) is 0 Å². The average Bonchev–Trinajstić information content (AvgIpc) is 3.29. The predicted octanol–water partition coefficient (Wildman–Crippen LogP) is 7.10. The third kappa shape index (κ3) is 5.68. The Morgan fingerprint density at radius 1 is 0.926 bits per heavy atom. The van der Waals surface area contributed by atoms with Gasteiger partial charge in [-0.3, -0.25) is 0 Å². The van der Waals surface area contributed by atoms with Crippen molar-refractivity contribution in [2.75, 3.05) is 7.11 Å². The van der Waals surface area contributed by atoms with Gasteiger partial charge in [-0.2, -0.15) is 0 Å². The lowest BCUT2D eigenvalue weighted by atomic mass is 9.75. The number of rotatable bonds is 4. The van der Waals surface area contributed by atoms with E-state index in [2.05, 4.69) is 90.4 Å². The fraction of sp³-hybridized carbons (Fsp3) is 0.708. The van der Waals surface area contributed by atoms with Gasteiger partial charge in [-0.15, -0.1) is 0 Å². The van der Waals surface area contributed by atoms with Crippen molar-refractivity contribution in [3.63, 3.8) is 0 Å². The lowest BCUT2D eigenvalue weighted by molar-refractivity contribution is 0.143. The van der Waals surface area contributed by atoms with E-state index >= 15 is 0 Å². The Morgan fingerprint density at radius 3 is 1.67 bits per heavy atom. The van der Waals surface area contributed by atoms with Crippen LogP contribution < -0.4 is 5.30 Å². The molecule has 152 valence electrons. The van der Waals surface area contributed by atoms with E-state index in [1.807, 2.05) is 7.11 Å². The van der Waals surface area contributed by atoms with E-state index in [0.717, 1.165) is 0 Å². The summed E-state index contributed by atoms with van der Waals surface area (Å²) in [4.78, 5) is 0. The Kier molecular flexibility index (Phi) is 6.78. The largest absolute Gasteiger partial charge is 0.376 e. The summed E-state index contributed by atoms with van der Waals surface area (Å²) >= 11 is 3.92. The Labute approximate surface area is 177 Å². The van der Waals surface area contributed by atoms with Gasteiger partial charge in [0.15, 0.2) is 0 Å². The van der Waals surface area contributed by atoms with Crippen LogP contribution in [0.2, 0.25) is 0 Å². The molecule has 1 aliphatic carbocycles. The Bertz CT molecular complexity index is 674. The second-order valence-electron chi connectivity index (χ2n) is 11.1. The molecule has 0 heterocycles. The molecule has 0 bridgehead atoms. The summed E-state index contributed by atoms with van der Waals surface area (Å²) < 4.78 is 7.12. The lowest BCUT2D eigenvalue weighted by Gasteiger charge is -2.32. The van der Waals surface area contributed by atoms with Gasteiger partial charge in [-0.1, -0.05) is 82.7 Å². The first-order chi connectivity index (χ1) is 12.2. The van der Waals surface area contributed by atoms with Crippen molar-refractivity contribution in [2.45, 2.75) is 97.5 Å². The van der Waals surface area contributed by atoms with Gasteiger partial charge < -0.3 is 4.74 Å². The highest BCUT2D eigenvalue weighted by atomic mass is 79.9. The Balaban J connectivity index is 2.76. The van der Waals surface area contributed by atoms with Crippen molar-refractivity contribution in [1.82, 2.24) is 0 Å². The number of benzene rings is 1. The first kappa shape index (κ1) is 23.1. The molecule has 0 unspecified atom stereocenters. The summed E-state index contributed by atoms with van der Waals surface area (Å²) in [7, 11) is 3.10. The highest BCUT2D eigenvalue weighted by Crippen LogP contribution is 2.39. The molecule has 0 N–H and O–H groups in total. The van der Waals surface area contributed by atoms with Crippen molar-refractivity contribution in [1.29, 1.82) is 0 Å². The predicted molar refractivity (Wildman–Crippen MR) is 127 cm³/mol. The number of halogens is 1. The topological polar surface area (TPSA) is 9.23 Å². The minimum atomic E-state index is 0.0963. The molecule has 27 heavy (non-hydrogen) atoms. The van der Waals surface area contributed by atoms with E-state index in [-0.39, 0.29) is 22.3 Å². The fourth-order valence-electron chi connectivity index (χ4n) is 3.38. The fourth-order valence-corrected chi connectivity index (χ4v) is 6.18. The molecule has 2 rings (SSSR count). The molecule has 1 fully saturated rings. The third-order valence-electron chi connectivity index (χ3n) is 5.35. The molecule has 0 spiro atoms. The van der Waals surface area contributed by atoms with Crippen LogP contribution in [0.1, 0.15) is 91.8 Å². The van der Waals surface area contributed by atoms with Crippen LogP contribution in [0.3, 0.4) is 0 Å². The second kappa shape index (κ2) is 7.92. The summed E-state index contributed by atoms with van der Waals surface area (Å²) in [6.45, 7) is 21.0. The zero-order valence-corrected chi connectivity index (χ0v) is 21.4. The maximum absolute atomic E-state index is 5.85. The quantitative estimate of drug-likeness (QED) is 0.442. The standard InChI is InChI=1S/C24H38BrOP/c1-22(2,3)16-13-17(23(4,5)6)20(18(14-16)24(7,8)9)27-21(25)19(26-10)15-11-12-15/h13-15,19H,11-12H2,1-10H3/t19-/m0/s1. The third-order valence-corrected chi connectivity index (χ3v) is 7.51. The van der Waals surface area contributed by atoms with Crippen LogP contribution in [0.25, 0.3) is 0 Å². The maximum atomic E-state index is 5.85. The summed E-state index contributed by atoms with van der Waals surface area (Å²) in [6, 6.07) is 4.91. The van der Waals surface area contributed by atoms with Gasteiger partial charge >= 0.3 is 0 Å². The number of methoxy groups -OCH3 is 1. The molecule has 1 nitrogen and oxygen atoms in total. The lowest BCUT2D eigenvalue weighted by Crippen LogP contribution is -2.30. The molecule has 0 aromatic heterocycles. The van der Waals surface area contributed by atoms with Crippen LogP contribution in [0, 0.1) is 5.92 Å². The Morgan fingerprint density at radius 2 is 1.37 bits per heavy atom. The molecule has 1 aromatic carbocycles. The zero-order chi connectivity index (χ0) is 20.8. The smallest absolute Gasteiger partial charge is 0.0956 e. The van der Waals surface area contributed by atoms with Gasteiger partial charge in [0.05, 0.1) is 10.3 Å². The molecule has 1 aromatic rings. The van der Waals surface area contributed by atoms with Gasteiger partial charge in [0.2, 0.25) is 0 Å². The normalized spacial score (nSPS) is 18.0. The first-order valence-corrected chi connectivity index (χ1v) is 11.8. The van der Waals surface area contributed by atoms with E-state index in [0.29, 0.717) is 5.92 Å². The van der Waals surface area contributed by atoms with Crippen LogP contribution >= 0.6 is 24.1 Å². The summed E-state index contributed by atoms with van der Waals surface area (Å²) in [5, 5.41) is 1.46. The van der Waals surface area contributed by atoms with Crippen molar-refractivity contribution >= 4 is 33.6 Å². The van der Waals surface area contributed by atoms with E-state index in [1.54, 1.807) is 0 Å². The van der Waals surface area contributed by atoms with Crippen LogP contribution in [-0.2, 0) is 21.0 Å². The molecule has 0 aliphatic heterocycles. The van der Waals surface area contributed by atoms with E-state index < -0.39 is 0 Å². The molecular weight excluding hydrogens is 415 g/mol. The van der Waals surface area contributed by atoms with Crippen LogP contribution in [0.15, 0.2) is 12.1 Å². The molecule has 0 saturated heterocycles. The molecule has 0 radical (unpaired) electrons. The van der Waals surface area contributed by atoms with Gasteiger partial charge in [0.25, 0.3) is 0 Å². The summed E-state index contributed by atoms with van der Waals surface area (Å²) in [5.41, 5.74) is 4.68. The SMILES string of the molecule is CO[C@H](C(Br)=Pc1c(C(C)(C)C)cc(C(C)(C)C)cc1C(C)(C)C)C1CC1. The van der Waals surface area contributed by atoms with E-state index in [4.69, 9.17) is 4.74 Å². The minimum Gasteiger partial charge on any atom is -0.376 e. The zero-order valence-electron chi connectivity index (χ0n) is 19.0. The second-order valence-corrected chi connectivity index (χ2v) is 13.7. The first-order valence-electron chi connectivity index (χ1n) is 10.1. The minimum absolute atomic E-state index is 0.0963.